The largest absolute Gasteiger partial charge is 0.370 e. The molecule has 0 aliphatic carbocycles. The van der Waals surface area contributed by atoms with E-state index in [1.165, 1.54) is 6.92 Å². The van der Waals surface area contributed by atoms with Crippen LogP contribution in [0.5, 0.6) is 0 Å². The molecule has 2 amide bonds. The quantitative estimate of drug-likeness (QED) is 0.628. The fourth-order valence-electron chi connectivity index (χ4n) is 1.26. The second-order valence-corrected chi connectivity index (χ2v) is 3.44. The fraction of sp³-hybridized carbons (Fsp3) is 0.182. The minimum absolute atomic E-state index is 0.333. The van der Waals surface area contributed by atoms with Crippen LogP contribution >= 0.6 is 0 Å². The Morgan fingerprint density at radius 3 is 2.44 bits per heavy atom. The van der Waals surface area contributed by atoms with Crippen LogP contribution in [0.25, 0.3) is 0 Å². The zero-order valence-electron chi connectivity index (χ0n) is 9.03. The first-order valence-electron chi connectivity index (χ1n) is 4.64. The van der Waals surface area contributed by atoms with Crippen LogP contribution in [0, 0.1) is 6.92 Å². The molecular weight excluding hydrogens is 208 g/mol. The molecule has 3 N–H and O–H groups in total. The van der Waals surface area contributed by atoms with Crippen LogP contribution in [0.15, 0.2) is 18.2 Å². The van der Waals surface area contributed by atoms with E-state index in [9.17, 15) is 14.4 Å². The lowest BCUT2D eigenvalue weighted by atomic mass is 10.1. The maximum absolute atomic E-state index is 11.1. The van der Waals surface area contributed by atoms with Crippen LogP contribution < -0.4 is 11.1 Å². The Bertz CT molecular complexity index is 462. The molecule has 16 heavy (non-hydrogen) atoms. The fourth-order valence-corrected chi connectivity index (χ4v) is 1.26. The number of primary amides is 1. The molecule has 0 radical (unpaired) electrons. The lowest BCUT2D eigenvalue weighted by molar-refractivity contribution is -0.116. The molecule has 1 aromatic rings. The van der Waals surface area contributed by atoms with Gasteiger partial charge in [-0.25, -0.2) is 0 Å². The number of aryl methyl sites for hydroxylation is 1. The molecule has 0 spiro atoms. The highest BCUT2D eigenvalue weighted by molar-refractivity contribution is 6.51. The summed E-state index contributed by atoms with van der Waals surface area (Å²) in [7, 11) is 0. The number of anilines is 1. The second kappa shape index (κ2) is 4.57. The van der Waals surface area contributed by atoms with Gasteiger partial charge in [0.25, 0.3) is 11.7 Å². The minimum Gasteiger partial charge on any atom is -0.370 e. The first-order valence-corrected chi connectivity index (χ1v) is 4.64. The van der Waals surface area contributed by atoms with Gasteiger partial charge < -0.3 is 11.1 Å². The lowest BCUT2D eigenvalue weighted by Crippen LogP contribution is -2.12. The molecule has 0 saturated heterocycles. The van der Waals surface area contributed by atoms with Gasteiger partial charge in [0, 0.05) is 6.92 Å². The summed E-state index contributed by atoms with van der Waals surface area (Å²) < 4.78 is 0. The molecule has 1 aliphatic rings. The van der Waals surface area contributed by atoms with Crippen molar-refractivity contribution in [2.45, 2.75) is 13.8 Å². The number of nitrogens with one attached hydrogen (secondary N) is 1. The van der Waals surface area contributed by atoms with E-state index in [1.54, 1.807) is 12.1 Å². The monoisotopic (exact) mass is 220 g/mol. The van der Waals surface area contributed by atoms with Crippen molar-refractivity contribution in [2.75, 3.05) is 5.32 Å². The highest BCUT2D eigenvalue weighted by Gasteiger charge is 2.27. The number of carbonyl (C=O) groups excluding carboxylic acids is 3. The zero-order valence-corrected chi connectivity index (χ0v) is 9.03. The molecule has 1 aliphatic heterocycles. The molecular formula is C11H12N2O3. The summed E-state index contributed by atoms with van der Waals surface area (Å²) in [6.07, 6.45) is 0. The number of ketones is 1. The van der Waals surface area contributed by atoms with E-state index < -0.39 is 11.7 Å². The Morgan fingerprint density at radius 1 is 1.31 bits per heavy atom. The number of nitrogens with two attached hydrogens (primary N) is 1. The van der Waals surface area contributed by atoms with Gasteiger partial charge in [-0.3, -0.25) is 14.4 Å². The second-order valence-electron chi connectivity index (χ2n) is 3.44. The third-order valence-electron chi connectivity index (χ3n) is 1.87. The summed E-state index contributed by atoms with van der Waals surface area (Å²) in [5, 5.41) is 2.49. The molecule has 5 nitrogen and oxygen atoms in total. The normalized spacial score (nSPS) is 12.4. The van der Waals surface area contributed by atoms with E-state index >= 15 is 0 Å². The van der Waals surface area contributed by atoms with Crippen molar-refractivity contribution in [3.63, 3.8) is 0 Å². The predicted molar refractivity (Wildman–Crippen MR) is 59.0 cm³/mol. The number of carbonyl (C=O) groups is 3. The Balaban J connectivity index is 0.000000280. The molecule has 2 rings (SSSR count). The molecule has 0 fully saturated rings. The summed E-state index contributed by atoms with van der Waals surface area (Å²) >= 11 is 0. The van der Waals surface area contributed by atoms with E-state index in [1.807, 2.05) is 13.0 Å². The summed E-state index contributed by atoms with van der Waals surface area (Å²) in [6, 6.07) is 5.32. The summed E-state index contributed by atoms with van der Waals surface area (Å²) in [5.74, 6) is -1.30. The SMILES string of the molecule is CC(N)=O.Cc1ccc2c(c1)C(=O)C(=O)N2. The van der Waals surface area contributed by atoms with Crippen LogP contribution in [0.3, 0.4) is 0 Å². The van der Waals surface area contributed by atoms with Gasteiger partial charge in [0.2, 0.25) is 5.91 Å². The van der Waals surface area contributed by atoms with Crippen LogP contribution in [0.1, 0.15) is 22.8 Å². The Hall–Kier alpha value is -2.17. The van der Waals surface area contributed by atoms with Gasteiger partial charge in [0.05, 0.1) is 11.3 Å². The van der Waals surface area contributed by atoms with Crippen molar-refractivity contribution < 1.29 is 14.4 Å². The molecule has 1 heterocycles. The number of Topliss-reactive ketones (excluding diaryl/α,β-unsaturated/α-hetero) is 1. The first kappa shape index (κ1) is 11.9. The van der Waals surface area contributed by atoms with Gasteiger partial charge in [-0.1, -0.05) is 11.6 Å². The average molecular weight is 220 g/mol. The van der Waals surface area contributed by atoms with Crippen LogP contribution in [0.4, 0.5) is 5.69 Å². The Labute approximate surface area is 92.6 Å². The van der Waals surface area contributed by atoms with Crippen molar-refractivity contribution >= 4 is 23.3 Å². The van der Waals surface area contributed by atoms with E-state index in [-0.39, 0.29) is 5.91 Å². The van der Waals surface area contributed by atoms with Crippen LogP contribution in [-0.2, 0) is 9.59 Å². The van der Waals surface area contributed by atoms with Crippen LogP contribution in [0.2, 0.25) is 0 Å². The van der Waals surface area contributed by atoms with Gasteiger partial charge in [0.15, 0.2) is 0 Å². The molecule has 0 saturated carbocycles. The standard InChI is InChI=1S/C9H7NO2.C2H5NO/c1-5-2-3-7-6(4-5)8(11)9(12)10-7;1-2(3)4/h2-4H,1H3,(H,10,11,12);1H3,(H2,3,4). The van der Waals surface area contributed by atoms with E-state index in [2.05, 4.69) is 11.1 Å². The maximum Gasteiger partial charge on any atom is 0.296 e. The van der Waals surface area contributed by atoms with Gasteiger partial charge in [-0.15, -0.1) is 0 Å². The number of hydrogen-bond donors (Lipinski definition) is 2. The first-order chi connectivity index (χ1) is 7.41. The number of benzene rings is 1. The Kier molecular flexibility index (Phi) is 3.40. The van der Waals surface area contributed by atoms with Crippen molar-refractivity contribution in [1.82, 2.24) is 0 Å². The minimum atomic E-state index is -0.532. The van der Waals surface area contributed by atoms with E-state index in [0.29, 0.717) is 11.3 Å². The maximum atomic E-state index is 11.1. The lowest BCUT2D eigenvalue weighted by Gasteiger charge is -1.96. The van der Waals surface area contributed by atoms with Gasteiger partial charge in [-0.05, 0) is 19.1 Å². The van der Waals surface area contributed by atoms with Crippen molar-refractivity contribution in [2.24, 2.45) is 5.73 Å². The molecule has 84 valence electrons. The third kappa shape index (κ3) is 2.66. The van der Waals surface area contributed by atoms with Crippen molar-refractivity contribution in [3.05, 3.63) is 29.3 Å². The number of amides is 2. The van der Waals surface area contributed by atoms with Crippen molar-refractivity contribution in [3.8, 4) is 0 Å². The summed E-state index contributed by atoms with van der Waals surface area (Å²) in [6.45, 7) is 3.19. The molecule has 0 aromatic heterocycles. The predicted octanol–water partition coefficient (Wildman–Crippen LogP) is 0.621. The highest BCUT2D eigenvalue weighted by atomic mass is 16.2. The summed E-state index contributed by atoms with van der Waals surface area (Å²) in [5.41, 5.74) is 6.56. The summed E-state index contributed by atoms with van der Waals surface area (Å²) in [4.78, 5) is 31.2. The third-order valence-corrected chi connectivity index (χ3v) is 1.87. The highest BCUT2D eigenvalue weighted by Crippen LogP contribution is 2.23. The molecule has 0 bridgehead atoms. The molecule has 0 unspecified atom stereocenters. The molecule has 5 heteroatoms. The average Bonchev–Trinajstić information content (AvgIpc) is 2.43. The smallest absolute Gasteiger partial charge is 0.296 e. The van der Waals surface area contributed by atoms with Gasteiger partial charge >= 0.3 is 0 Å². The molecule has 1 aromatic carbocycles. The number of rotatable bonds is 0. The topological polar surface area (TPSA) is 89.3 Å². The van der Waals surface area contributed by atoms with Gasteiger partial charge in [-0.2, -0.15) is 0 Å². The zero-order chi connectivity index (χ0) is 12.3. The molecule has 0 atom stereocenters. The number of fused-ring (bicyclic) bond motifs is 1. The van der Waals surface area contributed by atoms with Crippen molar-refractivity contribution in [1.29, 1.82) is 0 Å². The van der Waals surface area contributed by atoms with E-state index in [0.717, 1.165) is 5.56 Å². The van der Waals surface area contributed by atoms with Gasteiger partial charge in [0.1, 0.15) is 0 Å². The number of hydrogen-bond acceptors (Lipinski definition) is 3. The van der Waals surface area contributed by atoms with Crippen LogP contribution in [-0.4, -0.2) is 17.6 Å². The Morgan fingerprint density at radius 2 is 1.88 bits per heavy atom. The van der Waals surface area contributed by atoms with E-state index in [4.69, 9.17) is 0 Å².